The zero-order chi connectivity index (χ0) is 20.0. The molecule has 0 spiro atoms. The third kappa shape index (κ3) is 6.59. The van der Waals surface area contributed by atoms with Gasteiger partial charge in [0, 0.05) is 38.1 Å². The van der Waals surface area contributed by atoms with Gasteiger partial charge < -0.3 is 24.6 Å². The topological polar surface area (TPSA) is 88.2 Å². The van der Waals surface area contributed by atoms with Gasteiger partial charge in [-0.1, -0.05) is 0 Å². The van der Waals surface area contributed by atoms with Crippen LogP contribution in [0.4, 0.5) is 9.59 Å². The maximum Gasteiger partial charge on any atom is 0.410 e. The Hall–Kier alpha value is -1.99. The van der Waals surface area contributed by atoms with Crippen LogP contribution < -0.4 is 5.32 Å². The van der Waals surface area contributed by atoms with E-state index in [1.807, 2.05) is 20.8 Å². The van der Waals surface area contributed by atoms with Crippen LogP contribution in [0, 0.1) is 5.92 Å². The summed E-state index contributed by atoms with van der Waals surface area (Å²) in [5.41, 5.74) is -0.510. The summed E-state index contributed by atoms with van der Waals surface area (Å²) < 4.78 is 10.4. The van der Waals surface area contributed by atoms with Crippen molar-refractivity contribution in [3.05, 3.63) is 0 Å². The first-order chi connectivity index (χ1) is 12.7. The van der Waals surface area contributed by atoms with Gasteiger partial charge in [-0.3, -0.25) is 4.79 Å². The van der Waals surface area contributed by atoms with Crippen LogP contribution in [0.25, 0.3) is 0 Å². The fourth-order valence-corrected chi connectivity index (χ4v) is 3.39. The number of likely N-dealkylation sites (tertiary alicyclic amines) is 2. The largest absolute Gasteiger partial charge is 0.450 e. The fourth-order valence-electron chi connectivity index (χ4n) is 3.39. The minimum atomic E-state index is -0.510. The van der Waals surface area contributed by atoms with E-state index in [-0.39, 0.29) is 30.1 Å². The molecule has 0 saturated carbocycles. The van der Waals surface area contributed by atoms with E-state index < -0.39 is 5.60 Å². The van der Waals surface area contributed by atoms with Gasteiger partial charge in [-0.15, -0.1) is 0 Å². The molecule has 0 aromatic rings. The summed E-state index contributed by atoms with van der Waals surface area (Å²) in [6, 6.07) is 0.0899. The molecule has 0 atom stereocenters. The molecule has 0 aromatic carbocycles. The molecule has 0 aromatic heterocycles. The zero-order valence-corrected chi connectivity index (χ0v) is 17.0. The predicted octanol–water partition coefficient (Wildman–Crippen LogP) is 2.37. The molecule has 2 aliphatic heterocycles. The molecule has 154 valence electrons. The molecule has 1 N–H and O–H groups in total. The number of nitrogens with zero attached hydrogens (tertiary/aromatic N) is 2. The molecule has 2 fully saturated rings. The monoisotopic (exact) mass is 383 g/mol. The Balaban J connectivity index is 1.71. The number of carbonyl (C=O) groups is 3. The highest BCUT2D eigenvalue weighted by Crippen LogP contribution is 2.21. The minimum absolute atomic E-state index is 0.0495. The van der Waals surface area contributed by atoms with Crippen molar-refractivity contribution >= 4 is 18.1 Å². The summed E-state index contributed by atoms with van der Waals surface area (Å²) in [7, 11) is 0. The second-order valence-electron chi connectivity index (χ2n) is 8.21. The van der Waals surface area contributed by atoms with Gasteiger partial charge in [0.25, 0.3) is 0 Å². The lowest BCUT2D eigenvalue weighted by atomic mass is 9.95. The molecule has 2 rings (SSSR count). The highest BCUT2D eigenvalue weighted by molar-refractivity contribution is 5.79. The number of nitrogens with one attached hydrogen (secondary N) is 1. The molecular weight excluding hydrogens is 350 g/mol. The van der Waals surface area contributed by atoms with Crippen molar-refractivity contribution in [2.45, 2.75) is 65.0 Å². The van der Waals surface area contributed by atoms with Crippen LogP contribution in [-0.2, 0) is 14.3 Å². The van der Waals surface area contributed by atoms with E-state index in [4.69, 9.17) is 9.47 Å². The molecule has 27 heavy (non-hydrogen) atoms. The number of amides is 3. The van der Waals surface area contributed by atoms with Gasteiger partial charge in [-0.05, 0) is 53.4 Å². The van der Waals surface area contributed by atoms with Gasteiger partial charge in [0.05, 0.1) is 6.61 Å². The van der Waals surface area contributed by atoms with Gasteiger partial charge in [0.15, 0.2) is 0 Å². The summed E-state index contributed by atoms with van der Waals surface area (Å²) in [5, 5.41) is 3.11. The first-order valence-corrected chi connectivity index (χ1v) is 9.89. The number of ether oxygens (including phenoxy) is 2. The molecule has 2 heterocycles. The summed E-state index contributed by atoms with van der Waals surface area (Å²) in [6.07, 6.45) is 2.17. The molecule has 2 saturated heterocycles. The first kappa shape index (κ1) is 21.3. The Labute approximate surface area is 161 Å². The van der Waals surface area contributed by atoms with Crippen molar-refractivity contribution in [3.8, 4) is 0 Å². The first-order valence-electron chi connectivity index (χ1n) is 9.89. The van der Waals surface area contributed by atoms with Crippen molar-refractivity contribution in [1.29, 1.82) is 0 Å². The van der Waals surface area contributed by atoms with E-state index in [1.165, 1.54) is 0 Å². The maximum absolute atomic E-state index is 12.5. The Kier molecular flexibility index (Phi) is 7.33. The maximum atomic E-state index is 12.5. The smallest absolute Gasteiger partial charge is 0.410 e. The van der Waals surface area contributed by atoms with Crippen LogP contribution in [0.3, 0.4) is 0 Å². The van der Waals surface area contributed by atoms with Crippen molar-refractivity contribution in [2.75, 3.05) is 32.8 Å². The molecule has 2 aliphatic rings. The molecule has 0 bridgehead atoms. The van der Waals surface area contributed by atoms with E-state index in [2.05, 4.69) is 5.32 Å². The Bertz CT molecular complexity index is 530. The highest BCUT2D eigenvalue weighted by Gasteiger charge is 2.31. The summed E-state index contributed by atoms with van der Waals surface area (Å²) in [6.45, 7) is 9.97. The van der Waals surface area contributed by atoms with Crippen LogP contribution in [0.1, 0.15) is 53.4 Å². The second kappa shape index (κ2) is 9.28. The van der Waals surface area contributed by atoms with Gasteiger partial charge >= 0.3 is 12.2 Å². The third-order valence-corrected chi connectivity index (χ3v) is 4.88. The van der Waals surface area contributed by atoms with E-state index in [1.54, 1.807) is 16.7 Å². The Morgan fingerprint density at radius 1 is 0.926 bits per heavy atom. The average Bonchev–Trinajstić information content (AvgIpc) is 2.61. The third-order valence-electron chi connectivity index (χ3n) is 4.88. The van der Waals surface area contributed by atoms with Gasteiger partial charge in [-0.25, -0.2) is 9.59 Å². The van der Waals surface area contributed by atoms with Crippen molar-refractivity contribution in [1.82, 2.24) is 15.1 Å². The second-order valence-corrected chi connectivity index (χ2v) is 8.21. The molecule has 0 aliphatic carbocycles. The number of hydrogen-bond acceptors (Lipinski definition) is 5. The molecule has 8 nitrogen and oxygen atoms in total. The van der Waals surface area contributed by atoms with E-state index in [0.717, 1.165) is 12.8 Å². The van der Waals surface area contributed by atoms with Crippen LogP contribution in [0.5, 0.6) is 0 Å². The van der Waals surface area contributed by atoms with Crippen LogP contribution in [0.2, 0.25) is 0 Å². The highest BCUT2D eigenvalue weighted by atomic mass is 16.6. The predicted molar refractivity (Wildman–Crippen MR) is 100 cm³/mol. The summed E-state index contributed by atoms with van der Waals surface area (Å²) in [5.74, 6) is -0.0276. The van der Waals surface area contributed by atoms with Gasteiger partial charge in [0.2, 0.25) is 5.91 Å². The van der Waals surface area contributed by atoms with Crippen LogP contribution >= 0.6 is 0 Å². The SMILES string of the molecule is CCOC(=O)N1CCC(NC(=O)C2CCN(C(=O)OC(C)(C)C)CC2)CC1. The lowest BCUT2D eigenvalue weighted by Gasteiger charge is -2.35. The van der Waals surface area contributed by atoms with E-state index in [0.29, 0.717) is 45.6 Å². The van der Waals surface area contributed by atoms with Crippen molar-refractivity contribution in [2.24, 2.45) is 5.92 Å². The average molecular weight is 383 g/mol. The van der Waals surface area contributed by atoms with Gasteiger partial charge in [-0.2, -0.15) is 0 Å². The number of carbonyl (C=O) groups excluding carboxylic acids is 3. The molecule has 0 radical (unpaired) electrons. The fraction of sp³-hybridized carbons (Fsp3) is 0.842. The lowest BCUT2D eigenvalue weighted by Crippen LogP contribution is -2.50. The lowest BCUT2D eigenvalue weighted by molar-refractivity contribution is -0.127. The molecular formula is C19H33N3O5. The van der Waals surface area contributed by atoms with Crippen LogP contribution in [0.15, 0.2) is 0 Å². The van der Waals surface area contributed by atoms with Crippen LogP contribution in [-0.4, -0.2) is 72.3 Å². The Morgan fingerprint density at radius 3 is 1.96 bits per heavy atom. The molecule has 0 unspecified atom stereocenters. The summed E-state index contributed by atoms with van der Waals surface area (Å²) >= 11 is 0. The number of rotatable bonds is 3. The summed E-state index contributed by atoms with van der Waals surface area (Å²) in [4.78, 5) is 39.7. The normalized spacial score (nSPS) is 19.6. The molecule has 8 heteroatoms. The molecule has 3 amide bonds. The Morgan fingerprint density at radius 2 is 1.44 bits per heavy atom. The van der Waals surface area contributed by atoms with Gasteiger partial charge in [0.1, 0.15) is 5.60 Å². The zero-order valence-electron chi connectivity index (χ0n) is 17.0. The van der Waals surface area contributed by atoms with Crippen molar-refractivity contribution < 1.29 is 23.9 Å². The van der Waals surface area contributed by atoms with Crippen molar-refractivity contribution in [3.63, 3.8) is 0 Å². The van der Waals surface area contributed by atoms with E-state index in [9.17, 15) is 14.4 Å². The van der Waals surface area contributed by atoms with E-state index >= 15 is 0 Å². The number of piperidine rings is 2. The number of hydrogen-bond donors (Lipinski definition) is 1. The quantitative estimate of drug-likeness (QED) is 0.808. The standard InChI is InChI=1S/C19H33N3O5/c1-5-26-17(24)21-12-8-15(9-13-21)20-16(23)14-6-10-22(11-7-14)18(25)27-19(2,3)4/h14-15H,5-13H2,1-4H3,(H,20,23). The minimum Gasteiger partial charge on any atom is -0.450 e.